The van der Waals surface area contributed by atoms with Gasteiger partial charge in [0.15, 0.2) is 0 Å². The standard InChI is InChI=1S/C16H31NO/c1-3-4-5-6-7-8-10-13-16(2)18-17-14-11-9-12-15-17/h2-15H2,1H3. The van der Waals surface area contributed by atoms with Crippen molar-refractivity contribution < 1.29 is 4.84 Å². The van der Waals surface area contributed by atoms with E-state index in [1.807, 2.05) is 0 Å². The van der Waals surface area contributed by atoms with Gasteiger partial charge in [-0.1, -0.05) is 58.4 Å². The first-order valence-corrected chi connectivity index (χ1v) is 7.93. The highest BCUT2D eigenvalue weighted by atomic mass is 16.7. The molecule has 1 fully saturated rings. The Balaban J connectivity index is 1.90. The molecular formula is C16H31NO. The minimum absolute atomic E-state index is 0.963. The van der Waals surface area contributed by atoms with E-state index in [9.17, 15) is 0 Å². The number of hydrogen-bond donors (Lipinski definition) is 0. The zero-order valence-electron chi connectivity index (χ0n) is 12.3. The average molecular weight is 253 g/mol. The monoisotopic (exact) mass is 253 g/mol. The number of hydroxylamine groups is 2. The lowest BCUT2D eigenvalue weighted by Gasteiger charge is -2.26. The van der Waals surface area contributed by atoms with Crippen LogP contribution in [0.15, 0.2) is 12.3 Å². The van der Waals surface area contributed by atoms with Gasteiger partial charge in [0.1, 0.15) is 5.76 Å². The second kappa shape index (κ2) is 10.4. The number of hydrogen-bond acceptors (Lipinski definition) is 2. The molecule has 0 amide bonds. The van der Waals surface area contributed by atoms with Gasteiger partial charge in [0.25, 0.3) is 0 Å². The highest BCUT2D eigenvalue weighted by Gasteiger charge is 2.11. The van der Waals surface area contributed by atoms with E-state index < -0.39 is 0 Å². The second-order valence-electron chi connectivity index (χ2n) is 5.49. The molecule has 0 atom stereocenters. The fourth-order valence-corrected chi connectivity index (χ4v) is 2.46. The van der Waals surface area contributed by atoms with Gasteiger partial charge in [-0.05, 0) is 19.3 Å². The zero-order valence-corrected chi connectivity index (χ0v) is 12.3. The van der Waals surface area contributed by atoms with E-state index in [1.54, 1.807) is 0 Å². The Hall–Kier alpha value is -0.500. The van der Waals surface area contributed by atoms with Crippen molar-refractivity contribution in [2.45, 2.75) is 77.6 Å². The molecule has 0 radical (unpaired) electrons. The van der Waals surface area contributed by atoms with Gasteiger partial charge in [-0.3, -0.25) is 0 Å². The molecule has 0 aromatic carbocycles. The van der Waals surface area contributed by atoms with E-state index in [4.69, 9.17) is 4.84 Å². The van der Waals surface area contributed by atoms with Crippen molar-refractivity contribution in [2.24, 2.45) is 0 Å². The summed E-state index contributed by atoms with van der Waals surface area (Å²) in [5.74, 6) is 0.963. The molecule has 1 saturated heterocycles. The zero-order chi connectivity index (χ0) is 13.1. The number of nitrogens with zero attached hydrogens (tertiary/aromatic N) is 1. The Labute approximate surface area is 113 Å². The average Bonchev–Trinajstić information content (AvgIpc) is 2.39. The maximum atomic E-state index is 5.78. The normalized spacial score (nSPS) is 16.7. The SMILES string of the molecule is C=C(CCCCCCCCC)ON1CCCCC1. The first kappa shape index (κ1) is 15.6. The third-order valence-corrected chi connectivity index (χ3v) is 3.63. The van der Waals surface area contributed by atoms with Gasteiger partial charge in [0, 0.05) is 19.5 Å². The quantitative estimate of drug-likeness (QED) is 0.398. The van der Waals surface area contributed by atoms with Gasteiger partial charge in [0.05, 0.1) is 0 Å². The molecule has 0 unspecified atom stereocenters. The van der Waals surface area contributed by atoms with Crippen molar-refractivity contribution in [3.8, 4) is 0 Å². The fourth-order valence-electron chi connectivity index (χ4n) is 2.46. The minimum atomic E-state index is 0.963. The Kier molecular flexibility index (Phi) is 9.01. The molecule has 0 aliphatic carbocycles. The fraction of sp³-hybridized carbons (Fsp3) is 0.875. The molecule has 0 N–H and O–H groups in total. The largest absolute Gasteiger partial charge is 0.411 e. The lowest BCUT2D eigenvalue weighted by atomic mass is 10.1. The maximum absolute atomic E-state index is 5.78. The van der Waals surface area contributed by atoms with Crippen molar-refractivity contribution in [3.05, 3.63) is 12.3 Å². The van der Waals surface area contributed by atoms with Crippen LogP contribution in [0.2, 0.25) is 0 Å². The first-order valence-electron chi connectivity index (χ1n) is 7.93. The second-order valence-corrected chi connectivity index (χ2v) is 5.49. The van der Waals surface area contributed by atoms with E-state index in [1.165, 1.54) is 64.2 Å². The number of unbranched alkanes of at least 4 members (excludes halogenated alkanes) is 6. The lowest BCUT2D eigenvalue weighted by molar-refractivity contribution is -0.132. The molecule has 1 aliphatic rings. The van der Waals surface area contributed by atoms with Crippen molar-refractivity contribution in [2.75, 3.05) is 13.1 Å². The van der Waals surface area contributed by atoms with Gasteiger partial charge < -0.3 is 4.84 Å². The van der Waals surface area contributed by atoms with Crippen LogP contribution < -0.4 is 0 Å². The van der Waals surface area contributed by atoms with Crippen molar-refractivity contribution in [3.63, 3.8) is 0 Å². The van der Waals surface area contributed by atoms with Crippen LogP contribution in [0.3, 0.4) is 0 Å². The minimum Gasteiger partial charge on any atom is -0.411 e. The summed E-state index contributed by atoms with van der Waals surface area (Å²) in [7, 11) is 0. The molecule has 0 bridgehead atoms. The summed E-state index contributed by atoms with van der Waals surface area (Å²) in [6.07, 6.45) is 14.4. The van der Waals surface area contributed by atoms with Crippen LogP contribution in [-0.4, -0.2) is 18.2 Å². The number of rotatable bonds is 10. The maximum Gasteiger partial charge on any atom is 0.117 e. The van der Waals surface area contributed by atoms with Gasteiger partial charge in [-0.25, -0.2) is 0 Å². The molecule has 1 aliphatic heterocycles. The van der Waals surface area contributed by atoms with Gasteiger partial charge in [-0.15, -0.1) is 5.06 Å². The van der Waals surface area contributed by atoms with Gasteiger partial charge >= 0.3 is 0 Å². The summed E-state index contributed by atoms with van der Waals surface area (Å²) < 4.78 is 0. The van der Waals surface area contributed by atoms with Crippen LogP contribution in [0.4, 0.5) is 0 Å². The summed E-state index contributed by atoms with van der Waals surface area (Å²) in [6.45, 7) is 8.46. The highest BCUT2D eigenvalue weighted by molar-refractivity contribution is 4.81. The summed E-state index contributed by atoms with van der Waals surface area (Å²) in [6, 6.07) is 0. The molecule has 1 rings (SSSR count). The van der Waals surface area contributed by atoms with E-state index in [0.29, 0.717) is 0 Å². The predicted octanol–water partition coefficient (Wildman–Crippen LogP) is 5.06. The summed E-state index contributed by atoms with van der Waals surface area (Å²) in [5, 5.41) is 2.09. The third kappa shape index (κ3) is 7.75. The van der Waals surface area contributed by atoms with E-state index in [-0.39, 0.29) is 0 Å². The first-order chi connectivity index (χ1) is 8.83. The Morgan fingerprint density at radius 3 is 2.22 bits per heavy atom. The Morgan fingerprint density at radius 2 is 1.56 bits per heavy atom. The molecule has 2 heteroatoms. The van der Waals surface area contributed by atoms with Gasteiger partial charge in [-0.2, -0.15) is 0 Å². The van der Waals surface area contributed by atoms with Crippen LogP contribution >= 0.6 is 0 Å². The van der Waals surface area contributed by atoms with Gasteiger partial charge in [0.2, 0.25) is 0 Å². The smallest absolute Gasteiger partial charge is 0.117 e. The number of allylic oxidation sites excluding steroid dienone is 1. The van der Waals surface area contributed by atoms with E-state index >= 15 is 0 Å². The molecule has 0 saturated carbocycles. The Morgan fingerprint density at radius 1 is 0.944 bits per heavy atom. The van der Waals surface area contributed by atoms with Crippen molar-refractivity contribution in [1.82, 2.24) is 5.06 Å². The van der Waals surface area contributed by atoms with Crippen LogP contribution in [0.25, 0.3) is 0 Å². The third-order valence-electron chi connectivity index (χ3n) is 3.63. The van der Waals surface area contributed by atoms with E-state index in [0.717, 1.165) is 25.3 Å². The molecular weight excluding hydrogens is 222 g/mol. The lowest BCUT2D eigenvalue weighted by Crippen LogP contribution is -2.29. The molecule has 0 aromatic heterocycles. The molecule has 106 valence electrons. The van der Waals surface area contributed by atoms with Crippen LogP contribution in [-0.2, 0) is 4.84 Å². The predicted molar refractivity (Wildman–Crippen MR) is 78.3 cm³/mol. The van der Waals surface area contributed by atoms with Crippen LogP contribution in [0.5, 0.6) is 0 Å². The van der Waals surface area contributed by atoms with Crippen molar-refractivity contribution >= 4 is 0 Å². The summed E-state index contributed by atoms with van der Waals surface area (Å²) in [4.78, 5) is 5.78. The highest BCUT2D eigenvalue weighted by Crippen LogP contribution is 2.16. The number of piperidine rings is 1. The molecule has 2 nitrogen and oxygen atoms in total. The Bertz CT molecular complexity index is 209. The summed E-state index contributed by atoms with van der Waals surface area (Å²) >= 11 is 0. The molecule has 1 heterocycles. The molecule has 18 heavy (non-hydrogen) atoms. The van der Waals surface area contributed by atoms with Crippen molar-refractivity contribution in [1.29, 1.82) is 0 Å². The van der Waals surface area contributed by atoms with Crippen LogP contribution in [0, 0.1) is 0 Å². The summed E-state index contributed by atoms with van der Waals surface area (Å²) in [5.41, 5.74) is 0. The van der Waals surface area contributed by atoms with Crippen LogP contribution in [0.1, 0.15) is 77.6 Å². The molecule has 0 spiro atoms. The van der Waals surface area contributed by atoms with E-state index in [2.05, 4.69) is 18.6 Å². The molecule has 0 aromatic rings. The topological polar surface area (TPSA) is 12.5 Å².